The maximum absolute atomic E-state index is 12.7. The van der Waals surface area contributed by atoms with Crippen LogP contribution in [0.4, 0.5) is 0 Å². The van der Waals surface area contributed by atoms with Gasteiger partial charge in [0.25, 0.3) is 5.91 Å². The number of amides is 1. The van der Waals surface area contributed by atoms with Crippen LogP contribution in [0.5, 0.6) is 0 Å². The largest absolute Gasteiger partial charge is 0.334 e. The van der Waals surface area contributed by atoms with Crippen LogP contribution in [0, 0.1) is 0 Å². The average molecular weight is 353 g/mol. The summed E-state index contributed by atoms with van der Waals surface area (Å²) in [7, 11) is 0. The fourth-order valence-electron chi connectivity index (χ4n) is 3.09. The lowest BCUT2D eigenvalue weighted by molar-refractivity contribution is 0.0746. The Kier molecular flexibility index (Phi) is 4.41. The normalized spacial score (nSPS) is 18.0. The summed E-state index contributed by atoms with van der Waals surface area (Å²) in [6.07, 6.45) is 2.10. The molecule has 3 nitrogen and oxygen atoms in total. The first kappa shape index (κ1) is 15.7. The number of likely N-dealkylation sites (tertiary alicyclic amines) is 1. The van der Waals surface area contributed by atoms with Crippen LogP contribution < -0.4 is 5.73 Å². The molecule has 116 valence electrons. The van der Waals surface area contributed by atoms with Crippen LogP contribution in [0.2, 0.25) is 0 Å². The first-order valence-corrected chi connectivity index (χ1v) is 8.83. The van der Waals surface area contributed by atoms with E-state index in [9.17, 15) is 4.79 Å². The molecule has 3 heterocycles. The molecule has 0 aliphatic carbocycles. The Labute approximate surface area is 143 Å². The van der Waals surface area contributed by atoms with Crippen molar-refractivity contribution in [1.29, 1.82) is 0 Å². The highest BCUT2D eigenvalue weighted by atomic mass is 35.5. The molecule has 1 aliphatic rings. The molecular formula is C16H17ClN2OS2. The summed E-state index contributed by atoms with van der Waals surface area (Å²) >= 11 is 3.38. The van der Waals surface area contributed by atoms with Gasteiger partial charge >= 0.3 is 0 Å². The Morgan fingerprint density at radius 2 is 2.09 bits per heavy atom. The number of rotatable bonds is 2. The van der Waals surface area contributed by atoms with Crippen molar-refractivity contribution in [1.82, 2.24) is 4.90 Å². The monoisotopic (exact) mass is 352 g/mol. The van der Waals surface area contributed by atoms with Gasteiger partial charge in [-0.2, -0.15) is 0 Å². The van der Waals surface area contributed by atoms with E-state index in [1.807, 2.05) is 4.90 Å². The minimum atomic E-state index is 0. The lowest BCUT2D eigenvalue weighted by Crippen LogP contribution is -2.39. The number of nitrogens with zero attached hydrogens (tertiary/aromatic N) is 1. The first-order chi connectivity index (χ1) is 10.3. The summed E-state index contributed by atoms with van der Waals surface area (Å²) < 4.78 is 3.74. The minimum Gasteiger partial charge on any atom is -0.334 e. The Hall–Kier alpha value is -1.14. The highest BCUT2D eigenvalue weighted by Gasteiger charge is 2.29. The van der Waals surface area contributed by atoms with Crippen molar-refractivity contribution in [2.24, 2.45) is 5.73 Å². The van der Waals surface area contributed by atoms with E-state index in [4.69, 9.17) is 5.73 Å². The summed E-state index contributed by atoms with van der Waals surface area (Å²) in [6.45, 7) is 1.40. The molecule has 1 fully saturated rings. The van der Waals surface area contributed by atoms with Gasteiger partial charge in [0, 0.05) is 33.9 Å². The van der Waals surface area contributed by atoms with Gasteiger partial charge in [0.15, 0.2) is 0 Å². The van der Waals surface area contributed by atoms with E-state index in [-0.39, 0.29) is 24.4 Å². The van der Waals surface area contributed by atoms with Gasteiger partial charge in [-0.05, 0) is 25.0 Å². The van der Waals surface area contributed by atoms with E-state index in [1.165, 1.54) is 19.5 Å². The number of hydrogen-bond donors (Lipinski definition) is 1. The van der Waals surface area contributed by atoms with Crippen molar-refractivity contribution < 1.29 is 4.79 Å². The van der Waals surface area contributed by atoms with Gasteiger partial charge in [0.05, 0.1) is 9.58 Å². The number of benzene rings is 1. The molecule has 1 aromatic carbocycles. The zero-order valence-corrected chi connectivity index (χ0v) is 14.4. The molecule has 2 aromatic heterocycles. The average Bonchev–Trinajstić information content (AvgIpc) is 3.19. The summed E-state index contributed by atoms with van der Waals surface area (Å²) in [5.41, 5.74) is 5.78. The molecule has 22 heavy (non-hydrogen) atoms. The summed E-state index contributed by atoms with van der Waals surface area (Å²) in [5.74, 6) is 0.153. The molecule has 1 unspecified atom stereocenters. The van der Waals surface area contributed by atoms with Gasteiger partial charge in [0.2, 0.25) is 0 Å². The van der Waals surface area contributed by atoms with E-state index in [0.29, 0.717) is 6.54 Å². The number of fused-ring (bicyclic) bond motifs is 3. The van der Waals surface area contributed by atoms with E-state index in [0.717, 1.165) is 24.3 Å². The molecule has 4 rings (SSSR count). The number of carbonyl (C=O) groups is 1. The Morgan fingerprint density at radius 1 is 1.27 bits per heavy atom. The van der Waals surface area contributed by atoms with Crippen molar-refractivity contribution in [2.75, 3.05) is 13.1 Å². The van der Waals surface area contributed by atoms with E-state index in [2.05, 4.69) is 30.3 Å². The number of thiophene rings is 2. The first-order valence-electron chi connectivity index (χ1n) is 7.20. The summed E-state index contributed by atoms with van der Waals surface area (Å²) in [5, 5.41) is 1.26. The summed E-state index contributed by atoms with van der Waals surface area (Å²) in [4.78, 5) is 15.5. The van der Waals surface area contributed by atoms with Crippen LogP contribution in [0.1, 0.15) is 22.5 Å². The van der Waals surface area contributed by atoms with Crippen molar-refractivity contribution >= 4 is 60.5 Å². The molecule has 1 aliphatic heterocycles. The number of hydrogen-bond acceptors (Lipinski definition) is 4. The highest BCUT2D eigenvalue weighted by molar-refractivity contribution is 7.33. The van der Waals surface area contributed by atoms with Crippen LogP contribution in [-0.4, -0.2) is 29.9 Å². The molecule has 0 spiro atoms. The molecule has 0 bridgehead atoms. The van der Waals surface area contributed by atoms with Crippen molar-refractivity contribution in [3.63, 3.8) is 0 Å². The molecule has 1 atom stereocenters. The van der Waals surface area contributed by atoms with Gasteiger partial charge < -0.3 is 10.6 Å². The molecule has 6 heteroatoms. The van der Waals surface area contributed by atoms with E-state index >= 15 is 0 Å². The zero-order chi connectivity index (χ0) is 14.4. The molecule has 0 radical (unpaired) electrons. The second kappa shape index (κ2) is 6.16. The van der Waals surface area contributed by atoms with Crippen LogP contribution in [0.25, 0.3) is 19.5 Å². The Balaban J connectivity index is 0.00000144. The maximum Gasteiger partial charge on any atom is 0.264 e. The van der Waals surface area contributed by atoms with E-state index in [1.54, 1.807) is 22.7 Å². The van der Waals surface area contributed by atoms with Crippen LogP contribution >= 0.6 is 35.1 Å². The third-order valence-corrected chi connectivity index (χ3v) is 6.57. The predicted molar refractivity (Wildman–Crippen MR) is 97.6 cm³/mol. The fourth-order valence-corrected chi connectivity index (χ4v) is 5.58. The van der Waals surface area contributed by atoms with Gasteiger partial charge in [0.1, 0.15) is 0 Å². The molecule has 3 aromatic rings. The van der Waals surface area contributed by atoms with Crippen LogP contribution in [0.15, 0.2) is 30.3 Å². The fraction of sp³-hybridized carbons (Fsp3) is 0.312. The lowest BCUT2D eigenvalue weighted by atomic mass is 10.2. The van der Waals surface area contributed by atoms with Crippen molar-refractivity contribution in [3.05, 3.63) is 35.2 Å². The SMILES string of the molecule is Cl.NCC1CCCN1C(=O)c1cc2sc3ccccc3c2s1. The summed E-state index contributed by atoms with van der Waals surface area (Å²) in [6, 6.07) is 10.7. The topological polar surface area (TPSA) is 46.3 Å². The second-order valence-electron chi connectivity index (χ2n) is 5.43. The molecular weight excluding hydrogens is 336 g/mol. The Bertz CT molecular complexity index is 826. The van der Waals surface area contributed by atoms with Crippen LogP contribution in [0.3, 0.4) is 0 Å². The number of halogens is 1. The van der Waals surface area contributed by atoms with Gasteiger partial charge in [-0.1, -0.05) is 18.2 Å². The lowest BCUT2D eigenvalue weighted by Gasteiger charge is -2.22. The van der Waals surface area contributed by atoms with Crippen molar-refractivity contribution in [3.8, 4) is 0 Å². The molecule has 1 saturated heterocycles. The van der Waals surface area contributed by atoms with Crippen LogP contribution in [-0.2, 0) is 0 Å². The quantitative estimate of drug-likeness (QED) is 0.754. The number of nitrogens with two attached hydrogens (primary N) is 1. The maximum atomic E-state index is 12.7. The molecule has 1 amide bonds. The van der Waals surface area contributed by atoms with Gasteiger partial charge in [-0.25, -0.2) is 0 Å². The predicted octanol–water partition coefficient (Wildman–Crippen LogP) is 4.10. The van der Waals surface area contributed by atoms with Gasteiger partial charge in [-0.15, -0.1) is 35.1 Å². The Morgan fingerprint density at radius 3 is 2.91 bits per heavy atom. The minimum absolute atomic E-state index is 0. The standard InChI is InChI=1S/C16H16N2OS2.ClH/c17-9-10-4-3-7-18(10)16(19)14-8-13-15(21-14)11-5-1-2-6-12(11)20-13;/h1-2,5-6,8,10H,3-4,7,9,17H2;1H. The molecule has 0 saturated carbocycles. The zero-order valence-electron chi connectivity index (χ0n) is 12.0. The van der Waals surface area contributed by atoms with Gasteiger partial charge in [-0.3, -0.25) is 4.79 Å². The third kappa shape index (κ3) is 2.42. The van der Waals surface area contributed by atoms with E-state index < -0.39 is 0 Å². The second-order valence-corrected chi connectivity index (χ2v) is 7.57. The highest BCUT2D eigenvalue weighted by Crippen LogP contribution is 2.40. The smallest absolute Gasteiger partial charge is 0.264 e. The third-order valence-electron chi connectivity index (χ3n) is 4.17. The van der Waals surface area contributed by atoms with Crippen molar-refractivity contribution in [2.45, 2.75) is 18.9 Å². The molecule has 2 N–H and O–H groups in total. The number of carbonyl (C=O) groups excluding carboxylic acids is 1.